The Morgan fingerprint density at radius 1 is 1.75 bits per heavy atom. The van der Waals surface area contributed by atoms with E-state index in [0.717, 1.165) is 12.8 Å². The first-order valence-electron chi connectivity index (χ1n) is 3.82. The third kappa shape index (κ3) is 2.39. The molecule has 1 aliphatic rings. The molecule has 1 aliphatic carbocycles. The molecule has 0 fully saturated rings. The van der Waals surface area contributed by atoms with Crippen molar-refractivity contribution in [1.29, 1.82) is 0 Å². The van der Waals surface area contributed by atoms with Gasteiger partial charge in [0.2, 0.25) is 0 Å². The maximum atomic E-state index is 10.4. The van der Waals surface area contributed by atoms with E-state index in [1.54, 1.807) is 0 Å². The molecule has 0 aliphatic heterocycles. The van der Waals surface area contributed by atoms with Gasteiger partial charge >= 0.3 is 5.97 Å². The summed E-state index contributed by atoms with van der Waals surface area (Å²) in [6, 6.07) is 0. The van der Waals surface area contributed by atoms with Crippen LogP contribution in [0.15, 0.2) is 11.1 Å². The molecule has 1 rings (SSSR count). The van der Waals surface area contributed by atoms with E-state index >= 15 is 0 Å². The van der Waals surface area contributed by atoms with E-state index in [-0.39, 0.29) is 17.7 Å². The van der Waals surface area contributed by atoms with Crippen molar-refractivity contribution in [2.24, 2.45) is 5.92 Å². The molecule has 0 unspecified atom stereocenters. The Labute approximate surface area is 81.2 Å². The highest BCUT2D eigenvalue weighted by Crippen LogP contribution is 2.33. The first-order valence-corrected chi connectivity index (χ1v) is 4.64. The molecule has 0 amide bonds. The molecule has 68 valence electrons. The SMILES string of the molecule is O=C(O)C[C@@H]1CCC=C(Cl)[C@H]1Cl. The number of allylic oxidation sites excluding steroid dienone is 2. The zero-order valence-corrected chi connectivity index (χ0v) is 7.98. The Kier molecular flexibility index (Phi) is 3.41. The minimum atomic E-state index is -0.808. The minimum absolute atomic E-state index is 0.0123. The van der Waals surface area contributed by atoms with Gasteiger partial charge in [0.1, 0.15) is 0 Å². The van der Waals surface area contributed by atoms with Crippen molar-refractivity contribution in [3.8, 4) is 0 Å². The number of alkyl halides is 1. The van der Waals surface area contributed by atoms with Gasteiger partial charge < -0.3 is 5.11 Å². The fourth-order valence-corrected chi connectivity index (χ4v) is 1.94. The molecule has 0 spiro atoms. The van der Waals surface area contributed by atoms with Crippen LogP contribution in [0, 0.1) is 5.92 Å². The van der Waals surface area contributed by atoms with E-state index in [1.807, 2.05) is 6.08 Å². The highest BCUT2D eigenvalue weighted by Gasteiger charge is 2.26. The maximum absolute atomic E-state index is 10.4. The summed E-state index contributed by atoms with van der Waals surface area (Å²) < 4.78 is 0. The maximum Gasteiger partial charge on any atom is 0.303 e. The van der Waals surface area contributed by atoms with Crippen LogP contribution in [-0.4, -0.2) is 16.5 Å². The molecule has 2 atom stereocenters. The van der Waals surface area contributed by atoms with Crippen molar-refractivity contribution < 1.29 is 9.90 Å². The van der Waals surface area contributed by atoms with E-state index in [9.17, 15) is 4.79 Å². The normalized spacial score (nSPS) is 29.7. The number of halogens is 2. The van der Waals surface area contributed by atoms with Crippen LogP contribution in [-0.2, 0) is 4.79 Å². The first-order chi connectivity index (χ1) is 5.61. The van der Waals surface area contributed by atoms with Crippen molar-refractivity contribution in [2.45, 2.75) is 24.6 Å². The van der Waals surface area contributed by atoms with Crippen LogP contribution in [0.1, 0.15) is 19.3 Å². The molecule has 0 aromatic carbocycles. The lowest BCUT2D eigenvalue weighted by molar-refractivity contribution is -0.138. The van der Waals surface area contributed by atoms with Crippen LogP contribution in [0.4, 0.5) is 0 Å². The van der Waals surface area contributed by atoms with E-state index in [1.165, 1.54) is 0 Å². The molecule has 0 saturated heterocycles. The molecule has 0 aromatic rings. The summed E-state index contributed by atoms with van der Waals surface area (Å²) in [6.45, 7) is 0. The van der Waals surface area contributed by atoms with Crippen molar-refractivity contribution in [3.63, 3.8) is 0 Å². The van der Waals surface area contributed by atoms with Crippen LogP contribution < -0.4 is 0 Å². The lowest BCUT2D eigenvalue weighted by Crippen LogP contribution is -2.21. The van der Waals surface area contributed by atoms with Crippen molar-refractivity contribution >= 4 is 29.2 Å². The fourth-order valence-electron chi connectivity index (χ4n) is 1.35. The number of hydrogen-bond acceptors (Lipinski definition) is 1. The van der Waals surface area contributed by atoms with Gasteiger partial charge in [-0.05, 0) is 18.8 Å². The third-order valence-electron chi connectivity index (χ3n) is 1.99. The monoisotopic (exact) mass is 208 g/mol. The molecule has 0 saturated carbocycles. The van der Waals surface area contributed by atoms with Gasteiger partial charge in [0.15, 0.2) is 0 Å². The molecular formula is C8H10Cl2O2. The molecule has 4 heteroatoms. The van der Waals surface area contributed by atoms with Crippen LogP contribution in [0.2, 0.25) is 0 Å². The standard InChI is InChI=1S/C8H10Cl2O2/c9-6-3-1-2-5(8(6)10)4-7(11)12/h3,5,8H,1-2,4H2,(H,11,12)/t5-,8-/m0/s1. The van der Waals surface area contributed by atoms with Gasteiger partial charge in [-0.15, -0.1) is 11.6 Å². The Morgan fingerprint density at radius 3 is 3.00 bits per heavy atom. The summed E-state index contributed by atoms with van der Waals surface area (Å²) in [6.07, 6.45) is 3.62. The predicted octanol–water partition coefficient (Wildman–Crippen LogP) is 2.60. The fraction of sp³-hybridized carbons (Fsp3) is 0.625. The zero-order chi connectivity index (χ0) is 9.14. The van der Waals surface area contributed by atoms with Gasteiger partial charge in [-0.25, -0.2) is 0 Å². The Bertz CT molecular complexity index is 213. The Hall–Kier alpha value is -0.210. The summed E-state index contributed by atoms with van der Waals surface area (Å²) >= 11 is 11.7. The average Bonchev–Trinajstić information content (AvgIpc) is 1.98. The summed E-state index contributed by atoms with van der Waals surface area (Å²) in [5, 5.41) is 8.83. The topological polar surface area (TPSA) is 37.3 Å². The number of aliphatic carboxylic acids is 1. The summed E-state index contributed by atoms with van der Waals surface area (Å²) in [5.74, 6) is -0.821. The zero-order valence-electron chi connectivity index (χ0n) is 6.46. The van der Waals surface area contributed by atoms with E-state index < -0.39 is 5.97 Å². The average molecular weight is 209 g/mol. The second kappa shape index (κ2) is 4.15. The number of carboxylic acids is 1. The summed E-state index contributed by atoms with van der Waals surface area (Å²) in [5.41, 5.74) is 0. The number of carboxylic acid groups (broad SMARTS) is 1. The van der Waals surface area contributed by atoms with Crippen molar-refractivity contribution in [3.05, 3.63) is 11.1 Å². The molecule has 1 N–H and O–H groups in total. The highest BCUT2D eigenvalue weighted by atomic mass is 35.5. The lowest BCUT2D eigenvalue weighted by Gasteiger charge is -2.23. The molecule has 0 bridgehead atoms. The van der Waals surface area contributed by atoms with Crippen LogP contribution in [0.5, 0.6) is 0 Å². The summed E-state index contributed by atoms with van der Waals surface area (Å²) in [4.78, 5) is 10.4. The van der Waals surface area contributed by atoms with Gasteiger partial charge in [-0.1, -0.05) is 17.7 Å². The lowest BCUT2D eigenvalue weighted by atomic mass is 9.91. The van der Waals surface area contributed by atoms with E-state index in [4.69, 9.17) is 28.3 Å². The van der Waals surface area contributed by atoms with Crippen LogP contribution in [0.3, 0.4) is 0 Å². The largest absolute Gasteiger partial charge is 0.481 e. The van der Waals surface area contributed by atoms with Crippen molar-refractivity contribution in [2.75, 3.05) is 0 Å². The van der Waals surface area contributed by atoms with E-state index in [2.05, 4.69) is 0 Å². The highest BCUT2D eigenvalue weighted by molar-refractivity contribution is 6.37. The molecular weight excluding hydrogens is 199 g/mol. The van der Waals surface area contributed by atoms with E-state index in [0.29, 0.717) is 5.03 Å². The quantitative estimate of drug-likeness (QED) is 0.709. The van der Waals surface area contributed by atoms with Gasteiger partial charge in [0.25, 0.3) is 0 Å². The molecule has 0 aromatic heterocycles. The van der Waals surface area contributed by atoms with Crippen LogP contribution in [0.25, 0.3) is 0 Å². The summed E-state index contributed by atoms with van der Waals surface area (Å²) in [7, 11) is 0. The smallest absolute Gasteiger partial charge is 0.303 e. The van der Waals surface area contributed by atoms with Gasteiger partial charge in [-0.2, -0.15) is 0 Å². The Morgan fingerprint density at radius 2 is 2.42 bits per heavy atom. The minimum Gasteiger partial charge on any atom is -0.481 e. The molecule has 12 heavy (non-hydrogen) atoms. The Balaban J connectivity index is 2.56. The number of hydrogen-bond donors (Lipinski definition) is 1. The molecule has 0 heterocycles. The van der Waals surface area contributed by atoms with Gasteiger partial charge in [-0.3, -0.25) is 4.79 Å². The number of rotatable bonds is 2. The second-order valence-corrected chi connectivity index (χ2v) is 3.83. The van der Waals surface area contributed by atoms with Gasteiger partial charge in [0, 0.05) is 11.5 Å². The first kappa shape index (κ1) is 9.87. The molecule has 2 nitrogen and oxygen atoms in total. The predicted molar refractivity (Wildman–Crippen MR) is 48.6 cm³/mol. The molecule has 0 radical (unpaired) electrons. The van der Waals surface area contributed by atoms with Gasteiger partial charge in [0.05, 0.1) is 5.38 Å². The number of carbonyl (C=O) groups is 1. The van der Waals surface area contributed by atoms with Crippen molar-refractivity contribution in [1.82, 2.24) is 0 Å². The van der Waals surface area contributed by atoms with Crippen LogP contribution >= 0.6 is 23.2 Å². The second-order valence-electron chi connectivity index (χ2n) is 2.93. The third-order valence-corrected chi connectivity index (χ3v) is 3.08.